The fraction of sp³-hybridized carbons (Fsp3) is 0.391. The minimum absolute atomic E-state index is 0.509. The molecular formula is C23H28FN3O6S. The molecule has 0 unspecified atom stereocenters. The summed E-state index contributed by atoms with van der Waals surface area (Å²) in [5, 5.41) is 2.63. The van der Waals surface area contributed by atoms with Crippen LogP contribution in [0.4, 0.5) is 15.8 Å². The molecule has 3 rings (SSSR count). The Morgan fingerprint density at radius 1 is 1.09 bits per heavy atom. The fourth-order valence-electron chi connectivity index (χ4n) is 3.35. The topological polar surface area (TPSA) is 114 Å². The molecule has 2 aromatic rings. The average Bonchev–Trinajstić information content (AvgIpc) is 2.82. The minimum Gasteiger partial charge on any atom is -0.454 e. The van der Waals surface area contributed by atoms with Gasteiger partial charge in [-0.15, -0.1) is 0 Å². The van der Waals surface area contributed by atoms with Crippen molar-refractivity contribution in [2.75, 3.05) is 43.1 Å². The zero-order valence-corrected chi connectivity index (χ0v) is 19.8. The summed E-state index contributed by atoms with van der Waals surface area (Å²) in [4.78, 5) is 26.4. The maximum absolute atomic E-state index is 13.9. The van der Waals surface area contributed by atoms with Gasteiger partial charge in [0.15, 0.2) is 6.61 Å². The predicted octanol–water partition coefficient (Wildman–Crippen LogP) is 2.15. The highest BCUT2D eigenvalue weighted by atomic mass is 32.2. The number of carbonyl (C=O) groups excluding carboxylic acids is 2. The van der Waals surface area contributed by atoms with Crippen LogP contribution in [-0.4, -0.2) is 59.2 Å². The summed E-state index contributed by atoms with van der Waals surface area (Å²) < 4.78 is 51.6. The zero-order chi connectivity index (χ0) is 24.7. The summed E-state index contributed by atoms with van der Waals surface area (Å²) in [7, 11) is -4.32. The molecule has 0 aromatic heterocycles. The summed E-state index contributed by atoms with van der Waals surface area (Å²) in [6.07, 6.45) is 0. The number of amides is 1. The fourth-order valence-corrected chi connectivity index (χ4v) is 4.76. The molecule has 1 aliphatic rings. The molecule has 34 heavy (non-hydrogen) atoms. The number of sulfonamides is 1. The molecule has 0 aliphatic carbocycles. The van der Waals surface area contributed by atoms with Crippen molar-refractivity contribution < 1.29 is 31.9 Å². The predicted molar refractivity (Wildman–Crippen MR) is 124 cm³/mol. The monoisotopic (exact) mass is 493 g/mol. The van der Waals surface area contributed by atoms with Crippen molar-refractivity contribution in [3.8, 4) is 0 Å². The van der Waals surface area contributed by atoms with Gasteiger partial charge < -0.3 is 19.7 Å². The van der Waals surface area contributed by atoms with E-state index in [4.69, 9.17) is 9.47 Å². The Bertz CT molecular complexity index is 1100. The van der Waals surface area contributed by atoms with Gasteiger partial charge in [-0.25, -0.2) is 12.8 Å². The van der Waals surface area contributed by atoms with Crippen LogP contribution in [0, 0.1) is 11.7 Å². The molecule has 1 atom stereocenters. The zero-order valence-electron chi connectivity index (χ0n) is 19.0. The molecule has 1 aliphatic heterocycles. The molecule has 1 heterocycles. The second-order valence-electron chi connectivity index (χ2n) is 8.08. The molecule has 1 saturated heterocycles. The Labute approximate surface area is 198 Å². The molecule has 0 bridgehead atoms. The van der Waals surface area contributed by atoms with Gasteiger partial charge in [0.05, 0.1) is 13.2 Å². The van der Waals surface area contributed by atoms with E-state index < -0.39 is 51.2 Å². The number of nitrogens with zero attached hydrogens (tertiary/aromatic N) is 1. The lowest BCUT2D eigenvalue weighted by atomic mass is 10.1. The van der Waals surface area contributed by atoms with Crippen molar-refractivity contribution in [3.05, 3.63) is 54.3 Å². The minimum atomic E-state index is -4.32. The first kappa shape index (κ1) is 25.6. The van der Waals surface area contributed by atoms with Crippen LogP contribution in [0.25, 0.3) is 0 Å². The number of morpholine rings is 1. The van der Waals surface area contributed by atoms with Gasteiger partial charge in [-0.05, 0) is 42.3 Å². The van der Waals surface area contributed by atoms with E-state index in [2.05, 4.69) is 14.9 Å². The van der Waals surface area contributed by atoms with Crippen LogP contribution in [0.5, 0.6) is 0 Å². The first-order valence-corrected chi connectivity index (χ1v) is 12.3. The van der Waals surface area contributed by atoms with Crippen LogP contribution in [0.3, 0.4) is 0 Å². The number of ether oxygens (including phenoxy) is 2. The van der Waals surface area contributed by atoms with Crippen LogP contribution in [0.1, 0.15) is 13.8 Å². The van der Waals surface area contributed by atoms with Gasteiger partial charge in [-0.3, -0.25) is 9.59 Å². The first-order chi connectivity index (χ1) is 16.2. The van der Waals surface area contributed by atoms with Crippen LogP contribution in [-0.2, 0) is 29.1 Å². The maximum Gasteiger partial charge on any atom is 0.324 e. The van der Waals surface area contributed by atoms with Crippen molar-refractivity contribution in [1.82, 2.24) is 4.72 Å². The van der Waals surface area contributed by atoms with Crippen LogP contribution in [0.2, 0.25) is 0 Å². The van der Waals surface area contributed by atoms with Crippen molar-refractivity contribution >= 4 is 33.3 Å². The van der Waals surface area contributed by atoms with Gasteiger partial charge in [-0.1, -0.05) is 26.0 Å². The number of hydrogen-bond acceptors (Lipinski definition) is 7. The van der Waals surface area contributed by atoms with Crippen LogP contribution >= 0.6 is 0 Å². The average molecular weight is 494 g/mol. The molecule has 0 radical (unpaired) electrons. The van der Waals surface area contributed by atoms with Crippen LogP contribution < -0.4 is 14.9 Å². The number of anilines is 2. The van der Waals surface area contributed by atoms with Crippen molar-refractivity contribution in [3.63, 3.8) is 0 Å². The Morgan fingerprint density at radius 2 is 1.74 bits per heavy atom. The summed E-state index contributed by atoms with van der Waals surface area (Å²) >= 11 is 0. The number of hydrogen-bond donors (Lipinski definition) is 2. The highest BCUT2D eigenvalue weighted by Gasteiger charge is 2.31. The Kier molecular flexibility index (Phi) is 8.59. The lowest BCUT2D eigenvalue weighted by Gasteiger charge is -2.28. The number of carbonyl (C=O) groups is 2. The first-order valence-electron chi connectivity index (χ1n) is 10.8. The molecule has 2 aromatic carbocycles. The second-order valence-corrected chi connectivity index (χ2v) is 9.76. The number of halogens is 1. The molecule has 184 valence electrons. The van der Waals surface area contributed by atoms with Gasteiger partial charge >= 0.3 is 5.97 Å². The quantitative estimate of drug-likeness (QED) is 0.515. The van der Waals surface area contributed by atoms with Gasteiger partial charge in [0.2, 0.25) is 10.0 Å². The largest absolute Gasteiger partial charge is 0.454 e. The standard InChI is InChI=1S/C23H28FN3O6S/c1-16(2)22(26-34(30,31)20-6-4-3-5-19(20)24)23(29)33-15-21(28)25-17-7-9-18(10-8-17)27-11-13-32-14-12-27/h3-10,16,22,26H,11-15H2,1-2H3,(H,25,28)/t22-/m0/s1. The van der Waals surface area contributed by atoms with Crippen molar-refractivity contribution in [1.29, 1.82) is 0 Å². The summed E-state index contributed by atoms with van der Waals surface area (Å²) in [6.45, 7) is 5.51. The van der Waals surface area contributed by atoms with Crippen molar-refractivity contribution in [2.45, 2.75) is 24.8 Å². The Hall–Kier alpha value is -3.02. The Balaban J connectivity index is 1.55. The third-order valence-corrected chi connectivity index (χ3v) is 6.68. The molecule has 9 nitrogen and oxygen atoms in total. The highest BCUT2D eigenvalue weighted by Crippen LogP contribution is 2.19. The molecular weight excluding hydrogens is 465 g/mol. The normalized spacial score (nSPS) is 15.1. The maximum atomic E-state index is 13.9. The van der Waals surface area contributed by atoms with Gasteiger partial charge in [0.25, 0.3) is 5.91 Å². The van der Waals surface area contributed by atoms with E-state index in [1.54, 1.807) is 26.0 Å². The van der Waals surface area contributed by atoms with Gasteiger partial charge in [0, 0.05) is 24.5 Å². The molecule has 1 amide bonds. The third kappa shape index (κ3) is 6.75. The number of esters is 1. The summed E-state index contributed by atoms with van der Waals surface area (Å²) in [5.74, 6) is -2.96. The number of rotatable bonds is 9. The second kappa shape index (κ2) is 11.4. The highest BCUT2D eigenvalue weighted by molar-refractivity contribution is 7.89. The Morgan fingerprint density at radius 3 is 2.35 bits per heavy atom. The van der Waals surface area contributed by atoms with E-state index in [1.165, 1.54) is 12.1 Å². The van der Waals surface area contributed by atoms with Gasteiger partial charge in [0.1, 0.15) is 16.8 Å². The lowest BCUT2D eigenvalue weighted by Crippen LogP contribution is -2.46. The van der Waals surface area contributed by atoms with Crippen molar-refractivity contribution in [2.24, 2.45) is 5.92 Å². The third-order valence-electron chi connectivity index (χ3n) is 5.20. The molecule has 0 saturated carbocycles. The number of nitrogens with one attached hydrogen (secondary N) is 2. The molecule has 11 heteroatoms. The molecule has 0 spiro atoms. The van der Waals surface area contributed by atoms with E-state index >= 15 is 0 Å². The van der Waals surface area contributed by atoms with E-state index in [-0.39, 0.29) is 0 Å². The molecule has 1 fully saturated rings. The smallest absolute Gasteiger partial charge is 0.324 e. The van der Waals surface area contributed by atoms with E-state index in [0.717, 1.165) is 30.9 Å². The van der Waals surface area contributed by atoms with Crippen LogP contribution in [0.15, 0.2) is 53.4 Å². The lowest BCUT2D eigenvalue weighted by molar-refractivity contribution is -0.150. The summed E-state index contributed by atoms with van der Waals surface area (Å²) in [5.41, 5.74) is 1.54. The number of benzene rings is 2. The SMILES string of the molecule is CC(C)[C@H](NS(=O)(=O)c1ccccc1F)C(=O)OCC(=O)Nc1ccc(N2CCOCC2)cc1. The van der Waals surface area contributed by atoms with E-state index in [9.17, 15) is 22.4 Å². The van der Waals surface area contributed by atoms with Gasteiger partial charge in [-0.2, -0.15) is 4.72 Å². The molecule has 2 N–H and O–H groups in total. The van der Waals surface area contributed by atoms with E-state index in [0.29, 0.717) is 18.9 Å². The summed E-state index contributed by atoms with van der Waals surface area (Å²) in [6, 6.07) is 10.8. The van der Waals surface area contributed by atoms with E-state index in [1.807, 2.05) is 12.1 Å².